The van der Waals surface area contributed by atoms with Crippen LogP contribution in [0, 0.1) is 0 Å². The number of nitrogens with zero attached hydrogens (tertiary/aromatic N) is 2. The highest BCUT2D eigenvalue weighted by atomic mass is 16.3. The van der Waals surface area contributed by atoms with Gasteiger partial charge in [0, 0.05) is 49.7 Å². The summed E-state index contributed by atoms with van der Waals surface area (Å²) in [6, 6.07) is 88.3. The van der Waals surface area contributed by atoms with Crippen LogP contribution in [0.1, 0.15) is 22.3 Å². The Kier molecular flexibility index (Phi) is 8.13. The number of furan rings is 1. The Morgan fingerprint density at radius 3 is 1.69 bits per heavy atom. The Labute approximate surface area is 371 Å². The van der Waals surface area contributed by atoms with E-state index in [0.717, 1.165) is 55.8 Å². The zero-order chi connectivity index (χ0) is 42.2. The first kappa shape index (κ1) is 36.3. The van der Waals surface area contributed by atoms with E-state index in [1.807, 2.05) is 6.07 Å². The maximum Gasteiger partial charge on any atom is 0.143 e. The van der Waals surface area contributed by atoms with Crippen molar-refractivity contribution in [1.82, 2.24) is 4.57 Å². The first-order valence-corrected chi connectivity index (χ1v) is 22.0. The van der Waals surface area contributed by atoms with Gasteiger partial charge in [-0.15, -0.1) is 0 Å². The van der Waals surface area contributed by atoms with E-state index in [1.54, 1.807) is 0 Å². The van der Waals surface area contributed by atoms with E-state index in [1.165, 1.54) is 55.2 Å². The van der Waals surface area contributed by atoms with Gasteiger partial charge >= 0.3 is 0 Å². The minimum absolute atomic E-state index is 0.542. The van der Waals surface area contributed by atoms with Crippen molar-refractivity contribution in [3.63, 3.8) is 0 Å². The van der Waals surface area contributed by atoms with E-state index in [9.17, 15) is 0 Å². The Hall–Kier alpha value is -8.40. The minimum atomic E-state index is -0.542. The average molecular weight is 817 g/mol. The molecule has 3 nitrogen and oxygen atoms in total. The van der Waals surface area contributed by atoms with Crippen molar-refractivity contribution in [2.75, 3.05) is 4.90 Å². The van der Waals surface area contributed by atoms with Crippen LogP contribution in [0.4, 0.5) is 17.1 Å². The molecule has 0 bridgehead atoms. The molecule has 300 valence electrons. The summed E-state index contributed by atoms with van der Waals surface area (Å²) in [6.07, 6.45) is 0. The summed E-state index contributed by atoms with van der Waals surface area (Å²) >= 11 is 0. The van der Waals surface area contributed by atoms with Crippen LogP contribution < -0.4 is 4.90 Å². The van der Waals surface area contributed by atoms with Crippen molar-refractivity contribution >= 4 is 60.8 Å². The van der Waals surface area contributed by atoms with Crippen LogP contribution >= 0.6 is 0 Å². The maximum absolute atomic E-state index is 6.63. The number of fused-ring (bicyclic) bond motifs is 9. The Balaban J connectivity index is 1.09. The first-order valence-electron chi connectivity index (χ1n) is 22.0. The van der Waals surface area contributed by atoms with E-state index in [4.69, 9.17) is 4.42 Å². The first-order chi connectivity index (χ1) is 31.8. The Morgan fingerprint density at radius 2 is 0.938 bits per heavy atom. The van der Waals surface area contributed by atoms with Crippen molar-refractivity contribution in [2.24, 2.45) is 0 Å². The summed E-state index contributed by atoms with van der Waals surface area (Å²) in [5.41, 5.74) is 17.5. The number of hydrogen-bond donors (Lipinski definition) is 0. The van der Waals surface area contributed by atoms with E-state index in [0.29, 0.717) is 0 Å². The summed E-state index contributed by atoms with van der Waals surface area (Å²) in [5.74, 6) is 0. The number of anilines is 3. The predicted molar refractivity (Wildman–Crippen MR) is 265 cm³/mol. The van der Waals surface area contributed by atoms with Gasteiger partial charge in [0.05, 0.1) is 22.1 Å². The lowest BCUT2D eigenvalue weighted by atomic mass is 9.68. The zero-order valence-corrected chi connectivity index (χ0v) is 34.9. The molecule has 0 fully saturated rings. The van der Waals surface area contributed by atoms with Crippen LogP contribution in [-0.4, -0.2) is 4.57 Å². The molecule has 0 aliphatic heterocycles. The molecule has 0 saturated heterocycles. The molecule has 0 saturated carbocycles. The second kappa shape index (κ2) is 14.3. The third-order valence-electron chi connectivity index (χ3n) is 13.4. The van der Waals surface area contributed by atoms with Gasteiger partial charge in [-0.3, -0.25) is 0 Å². The third-order valence-corrected chi connectivity index (χ3v) is 13.4. The molecule has 0 radical (unpaired) electrons. The van der Waals surface area contributed by atoms with Gasteiger partial charge in [-0.1, -0.05) is 188 Å². The van der Waals surface area contributed by atoms with Crippen molar-refractivity contribution in [2.45, 2.75) is 5.41 Å². The average Bonchev–Trinajstić information content (AvgIpc) is 4.02. The van der Waals surface area contributed by atoms with Crippen molar-refractivity contribution in [3.8, 4) is 27.9 Å². The Bertz CT molecular complexity index is 3650. The highest BCUT2D eigenvalue weighted by Gasteiger charge is 2.47. The van der Waals surface area contributed by atoms with Crippen LogP contribution in [0.3, 0.4) is 0 Å². The SMILES string of the molecule is c1ccc(C2(c3ccccc3)c3ccccc3-c3c(N(c4cccc(-c5cccc6c5oc5ccccc56)c4)c4cccc(-n5c6ccccc6c6ccccc65)c4)cccc32)cc1. The molecule has 10 aromatic carbocycles. The molecule has 12 aromatic rings. The van der Waals surface area contributed by atoms with Crippen LogP contribution in [0.2, 0.25) is 0 Å². The molecule has 3 heteroatoms. The summed E-state index contributed by atoms with van der Waals surface area (Å²) in [6.45, 7) is 0. The van der Waals surface area contributed by atoms with Crippen molar-refractivity contribution in [3.05, 3.63) is 265 Å². The predicted octanol–water partition coefficient (Wildman–Crippen LogP) is 16.2. The molecule has 1 aliphatic rings. The lowest BCUT2D eigenvalue weighted by Gasteiger charge is -2.34. The molecule has 0 unspecified atom stereocenters. The lowest BCUT2D eigenvalue weighted by Crippen LogP contribution is -2.28. The molecule has 0 spiro atoms. The van der Waals surface area contributed by atoms with Crippen LogP contribution in [-0.2, 0) is 5.41 Å². The summed E-state index contributed by atoms with van der Waals surface area (Å²) in [4.78, 5) is 2.47. The van der Waals surface area contributed by atoms with E-state index < -0.39 is 5.41 Å². The topological polar surface area (TPSA) is 21.3 Å². The molecule has 0 atom stereocenters. The highest BCUT2D eigenvalue weighted by molar-refractivity contribution is 6.11. The smallest absolute Gasteiger partial charge is 0.143 e. The third kappa shape index (κ3) is 5.28. The van der Waals surface area contributed by atoms with E-state index in [2.05, 4.69) is 246 Å². The van der Waals surface area contributed by atoms with Gasteiger partial charge in [-0.2, -0.15) is 0 Å². The highest BCUT2D eigenvalue weighted by Crippen LogP contribution is 2.59. The molecule has 13 rings (SSSR count). The van der Waals surface area contributed by atoms with Gasteiger partial charge in [0.25, 0.3) is 0 Å². The monoisotopic (exact) mass is 816 g/mol. The largest absolute Gasteiger partial charge is 0.455 e. The molecule has 0 amide bonds. The van der Waals surface area contributed by atoms with Gasteiger partial charge in [0.2, 0.25) is 0 Å². The number of hydrogen-bond acceptors (Lipinski definition) is 2. The van der Waals surface area contributed by atoms with Gasteiger partial charge in [-0.05, 0) is 88.0 Å². The summed E-state index contributed by atoms with van der Waals surface area (Å²) in [5, 5.41) is 4.72. The molecule has 64 heavy (non-hydrogen) atoms. The fourth-order valence-corrected chi connectivity index (χ4v) is 10.8. The van der Waals surface area contributed by atoms with Crippen molar-refractivity contribution < 1.29 is 4.42 Å². The molecule has 2 aromatic heterocycles. The van der Waals surface area contributed by atoms with E-state index >= 15 is 0 Å². The second-order valence-electron chi connectivity index (χ2n) is 16.8. The standard InChI is InChI=1S/C61H40N2O/c1-3-20-42(21-4-1)61(43-22-5-2-6-23-43)53-33-11-7-30-52(53)59-54(61)34-18-37-57(59)62(44-24-15-19-41(39-44)47-31-17-32-51-50-29-10-14-38-58(50)64-60(47)51)45-25-16-26-46(40-45)63-55-35-12-8-27-48(55)49-28-9-13-36-56(49)63/h1-40H. The van der Waals surface area contributed by atoms with Crippen LogP contribution in [0.5, 0.6) is 0 Å². The molecule has 2 heterocycles. The zero-order valence-electron chi connectivity index (χ0n) is 34.9. The number of para-hydroxylation sites is 4. The van der Waals surface area contributed by atoms with E-state index in [-0.39, 0.29) is 0 Å². The minimum Gasteiger partial charge on any atom is -0.455 e. The second-order valence-corrected chi connectivity index (χ2v) is 16.8. The Morgan fingerprint density at radius 1 is 0.391 bits per heavy atom. The lowest BCUT2D eigenvalue weighted by molar-refractivity contribution is 0.670. The van der Waals surface area contributed by atoms with Crippen LogP contribution in [0.15, 0.2) is 247 Å². The fourth-order valence-electron chi connectivity index (χ4n) is 10.8. The molecular weight excluding hydrogens is 777 g/mol. The normalized spacial score (nSPS) is 12.8. The quantitative estimate of drug-likeness (QED) is 0.160. The number of aromatic nitrogens is 1. The molecule has 1 aliphatic carbocycles. The molecular formula is C61H40N2O. The van der Waals surface area contributed by atoms with Crippen molar-refractivity contribution in [1.29, 1.82) is 0 Å². The number of rotatable bonds is 7. The number of benzene rings is 10. The van der Waals surface area contributed by atoms with Gasteiger partial charge < -0.3 is 13.9 Å². The van der Waals surface area contributed by atoms with Gasteiger partial charge in [0.1, 0.15) is 11.2 Å². The summed E-state index contributed by atoms with van der Waals surface area (Å²) < 4.78 is 9.03. The summed E-state index contributed by atoms with van der Waals surface area (Å²) in [7, 11) is 0. The van der Waals surface area contributed by atoms with Crippen LogP contribution in [0.25, 0.3) is 71.7 Å². The van der Waals surface area contributed by atoms with Gasteiger partial charge in [-0.25, -0.2) is 0 Å². The van der Waals surface area contributed by atoms with Gasteiger partial charge in [0.15, 0.2) is 0 Å². The fraction of sp³-hybridized carbons (Fsp3) is 0.0164. The molecule has 0 N–H and O–H groups in total. The maximum atomic E-state index is 6.63.